The topological polar surface area (TPSA) is 0 Å². The summed E-state index contributed by atoms with van der Waals surface area (Å²) >= 11 is 0. The Bertz CT molecular complexity index is 678. The maximum Gasteiger partial charge on any atom is 0.0452 e. The van der Waals surface area contributed by atoms with Crippen molar-refractivity contribution in [2.45, 2.75) is 12.8 Å². The number of hydrogen-bond donors (Lipinski definition) is 0. The Morgan fingerprint density at radius 3 is 1.60 bits per heavy atom. The van der Waals surface area contributed by atoms with Crippen molar-refractivity contribution in [3.05, 3.63) is 107 Å². The van der Waals surface area contributed by atoms with Gasteiger partial charge in [-0.2, -0.15) is 0 Å². The van der Waals surface area contributed by atoms with Crippen LogP contribution in [0.25, 0.3) is 0 Å². The minimum Gasteiger partial charge on any atom is -0.0622 e. The molecule has 0 radical (unpaired) electrons. The lowest BCUT2D eigenvalue weighted by Gasteiger charge is -2.20. The Labute approximate surface area is 122 Å². The summed E-state index contributed by atoms with van der Waals surface area (Å²) in [5.74, 6) is -0.881. The Balaban J connectivity index is 2.29. The lowest BCUT2D eigenvalue weighted by Crippen LogP contribution is -2.04. The molecule has 0 aliphatic carbocycles. The van der Waals surface area contributed by atoms with Crippen LogP contribution in [-0.4, -0.2) is 0 Å². The van der Waals surface area contributed by atoms with Gasteiger partial charge >= 0.3 is 0 Å². The van der Waals surface area contributed by atoms with Crippen molar-refractivity contribution in [1.82, 2.24) is 0 Å². The molecule has 0 unspecified atom stereocenters. The molecule has 3 rings (SSSR count). The van der Waals surface area contributed by atoms with Crippen molar-refractivity contribution in [2.75, 3.05) is 0 Å². The number of benzene rings is 3. The van der Waals surface area contributed by atoms with Crippen LogP contribution in [0.4, 0.5) is 0 Å². The van der Waals surface area contributed by atoms with Gasteiger partial charge in [0.25, 0.3) is 0 Å². The standard InChI is InChI=1S/C20H18/c1-16-10-8-9-15-19(16)20(17-11-4-2-5-12-17)18-13-6-3-7-14-18/h2-15,20H,1H3/i20D. The summed E-state index contributed by atoms with van der Waals surface area (Å²) in [6.45, 7) is 2.07. The van der Waals surface area contributed by atoms with E-state index in [0.717, 1.165) is 22.3 Å². The van der Waals surface area contributed by atoms with Crippen molar-refractivity contribution >= 4 is 0 Å². The highest BCUT2D eigenvalue weighted by Gasteiger charge is 2.17. The number of hydrogen-bond acceptors (Lipinski definition) is 0. The van der Waals surface area contributed by atoms with E-state index in [0.29, 0.717) is 0 Å². The van der Waals surface area contributed by atoms with E-state index in [1.54, 1.807) is 0 Å². The summed E-state index contributed by atoms with van der Waals surface area (Å²) in [6, 6.07) is 28.3. The van der Waals surface area contributed by atoms with Gasteiger partial charge in [0.15, 0.2) is 0 Å². The zero-order valence-corrected chi connectivity index (χ0v) is 11.6. The van der Waals surface area contributed by atoms with E-state index in [2.05, 4.69) is 19.1 Å². The molecule has 0 N–H and O–H groups in total. The summed E-state index contributed by atoms with van der Waals surface area (Å²) in [5.41, 5.74) is 4.15. The van der Waals surface area contributed by atoms with Crippen molar-refractivity contribution in [1.29, 1.82) is 0 Å². The van der Waals surface area contributed by atoms with Gasteiger partial charge in [-0.05, 0) is 29.2 Å². The molecule has 0 heteroatoms. The number of aryl methyl sites for hydroxylation is 1. The fourth-order valence-electron chi connectivity index (χ4n) is 2.54. The van der Waals surface area contributed by atoms with Crippen LogP contribution < -0.4 is 0 Å². The molecule has 20 heavy (non-hydrogen) atoms. The monoisotopic (exact) mass is 259 g/mol. The molecule has 3 aromatic rings. The molecule has 0 aromatic heterocycles. The van der Waals surface area contributed by atoms with Gasteiger partial charge in [0, 0.05) is 7.26 Å². The molecule has 0 spiro atoms. The SMILES string of the molecule is [2H]C(c1ccccc1)(c1ccccc1)c1ccccc1C. The third-order valence-electron chi connectivity index (χ3n) is 3.54. The second-order valence-electron chi connectivity index (χ2n) is 4.92. The summed E-state index contributed by atoms with van der Waals surface area (Å²) in [6.07, 6.45) is 0. The highest BCUT2D eigenvalue weighted by Crippen LogP contribution is 2.33. The molecular weight excluding hydrogens is 240 g/mol. The van der Waals surface area contributed by atoms with Gasteiger partial charge in [0.05, 0.1) is 0 Å². The molecule has 0 atom stereocenters. The second-order valence-corrected chi connectivity index (χ2v) is 4.92. The first-order valence-corrected chi connectivity index (χ1v) is 6.90. The van der Waals surface area contributed by atoms with Crippen LogP contribution in [0.5, 0.6) is 0 Å². The molecule has 98 valence electrons. The summed E-state index contributed by atoms with van der Waals surface area (Å²) in [4.78, 5) is 0. The first-order valence-electron chi connectivity index (χ1n) is 7.40. The lowest BCUT2D eigenvalue weighted by molar-refractivity contribution is 0.963. The van der Waals surface area contributed by atoms with Crippen molar-refractivity contribution in [3.63, 3.8) is 0 Å². The predicted octanol–water partition coefficient (Wildman–Crippen LogP) is 5.18. The summed E-state index contributed by atoms with van der Waals surface area (Å²) in [7, 11) is 0. The maximum atomic E-state index is 9.28. The highest BCUT2D eigenvalue weighted by atomic mass is 14.2. The Hall–Kier alpha value is -2.34. The lowest BCUT2D eigenvalue weighted by atomic mass is 9.83. The molecule has 3 aromatic carbocycles. The van der Waals surface area contributed by atoms with Crippen LogP contribution in [0.2, 0.25) is 0 Å². The molecule has 0 nitrogen and oxygen atoms in total. The van der Waals surface area contributed by atoms with E-state index >= 15 is 0 Å². The first-order chi connectivity index (χ1) is 10.2. The van der Waals surface area contributed by atoms with Crippen LogP contribution in [0.15, 0.2) is 84.9 Å². The average molecular weight is 259 g/mol. The predicted molar refractivity (Wildman–Crippen MR) is 85.0 cm³/mol. The molecule has 0 saturated heterocycles. The van der Waals surface area contributed by atoms with Crippen LogP contribution in [-0.2, 0) is 0 Å². The molecule has 0 saturated carbocycles. The van der Waals surface area contributed by atoms with E-state index in [1.165, 1.54) is 0 Å². The molecule has 0 aliphatic rings. The molecule has 0 heterocycles. The highest BCUT2D eigenvalue weighted by molar-refractivity contribution is 5.45. The third-order valence-corrected chi connectivity index (χ3v) is 3.54. The van der Waals surface area contributed by atoms with Crippen molar-refractivity contribution < 1.29 is 1.37 Å². The molecule has 0 bridgehead atoms. The normalized spacial score (nSPS) is 11.9. The average Bonchev–Trinajstić information content (AvgIpc) is 2.56. The number of rotatable bonds is 3. The Morgan fingerprint density at radius 2 is 1.10 bits per heavy atom. The largest absolute Gasteiger partial charge is 0.0622 e. The van der Waals surface area contributed by atoms with Gasteiger partial charge in [-0.15, -0.1) is 0 Å². The van der Waals surface area contributed by atoms with Crippen LogP contribution in [0.3, 0.4) is 0 Å². The molecule has 0 aliphatic heterocycles. The second kappa shape index (κ2) is 5.75. The van der Waals surface area contributed by atoms with Crippen LogP contribution >= 0.6 is 0 Å². The first kappa shape index (κ1) is 11.5. The van der Waals surface area contributed by atoms with Crippen molar-refractivity contribution in [3.8, 4) is 0 Å². The fourth-order valence-corrected chi connectivity index (χ4v) is 2.54. The third kappa shape index (κ3) is 2.50. The maximum absolute atomic E-state index is 9.28. The van der Waals surface area contributed by atoms with Gasteiger partial charge in [-0.1, -0.05) is 84.9 Å². The molecule has 0 amide bonds. The molecular formula is C20H18. The van der Waals surface area contributed by atoms with Gasteiger partial charge in [0.2, 0.25) is 0 Å². The van der Waals surface area contributed by atoms with Crippen LogP contribution in [0.1, 0.15) is 29.5 Å². The summed E-state index contributed by atoms with van der Waals surface area (Å²) in [5, 5.41) is 0. The van der Waals surface area contributed by atoms with Gasteiger partial charge in [-0.3, -0.25) is 0 Å². The van der Waals surface area contributed by atoms with Crippen molar-refractivity contribution in [2.24, 2.45) is 0 Å². The zero-order chi connectivity index (χ0) is 14.7. The minimum absolute atomic E-state index is 0.881. The van der Waals surface area contributed by atoms with E-state index in [9.17, 15) is 1.37 Å². The zero-order valence-electron chi connectivity index (χ0n) is 12.6. The van der Waals surface area contributed by atoms with E-state index < -0.39 is 5.89 Å². The molecule has 0 fully saturated rings. The quantitative estimate of drug-likeness (QED) is 0.569. The van der Waals surface area contributed by atoms with Gasteiger partial charge < -0.3 is 0 Å². The Kier molecular flexibility index (Phi) is 3.30. The van der Waals surface area contributed by atoms with E-state index in [4.69, 9.17) is 0 Å². The Morgan fingerprint density at radius 1 is 0.650 bits per heavy atom. The summed E-state index contributed by atoms with van der Waals surface area (Å²) < 4.78 is 9.28. The van der Waals surface area contributed by atoms with Gasteiger partial charge in [-0.25, -0.2) is 0 Å². The minimum atomic E-state index is -0.881. The van der Waals surface area contributed by atoms with E-state index in [-0.39, 0.29) is 0 Å². The van der Waals surface area contributed by atoms with Gasteiger partial charge in [0.1, 0.15) is 0 Å². The fraction of sp³-hybridized carbons (Fsp3) is 0.100. The van der Waals surface area contributed by atoms with Crippen LogP contribution in [0, 0.1) is 6.92 Å². The smallest absolute Gasteiger partial charge is 0.0452 e. The van der Waals surface area contributed by atoms with E-state index in [1.807, 2.05) is 72.8 Å².